The Morgan fingerprint density at radius 3 is 3.06 bits per heavy atom. The molecule has 10 heteroatoms. The fourth-order valence-electron chi connectivity index (χ4n) is 3.46. The van der Waals surface area contributed by atoms with Crippen LogP contribution >= 0.6 is 23.1 Å². The van der Waals surface area contributed by atoms with Crippen molar-refractivity contribution in [2.45, 2.75) is 16.0 Å². The first-order valence-corrected chi connectivity index (χ1v) is 11.4. The number of nitrogens with zero attached hydrogens (tertiary/aromatic N) is 4. The number of rotatable bonds is 6. The molecule has 8 nitrogen and oxygen atoms in total. The Hall–Kier alpha value is -2.95. The van der Waals surface area contributed by atoms with Gasteiger partial charge in [-0.2, -0.15) is 0 Å². The minimum Gasteiger partial charge on any atom is -0.496 e. The van der Waals surface area contributed by atoms with E-state index in [1.54, 1.807) is 37.6 Å². The van der Waals surface area contributed by atoms with E-state index < -0.39 is 0 Å². The van der Waals surface area contributed by atoms with Crippen LogP contribution in [0.1, 0.15) is 16.8 Å². The van der Waals surface area contributed by atoms with Crippen LogP contribution in [0.15, 0.2) is 53.4 Å². The first-order valence-electron chi connectivity index (χ1n) is 9.69. The molecule has 0 aliphatic carbocycles. The van der Waals surface area contributed by atoms with Gasteiger partial charge in [0, 0.05) is 29.2 Å². The number of carbonyl (C=O) groups excluding carboxylic acids is 1. The monoisotopic (exact) mass is 453 g/mol. The quantitative estimate of drug-likeness (QED) is 0.441. The first-order chi connectivity index (χ1) is 15.2. The van der Waals surface area contributed by atoms with Crippen molar-refractivity contribution < 1.29 is 14.3 Å². The van der Waals surface area contributed by atoms with Crippen LogP contribution in [0, 0.1) is 0 Å². The molecule has 1 atom stereocenters. The maximum absolute atomic E-state index is 13.3. The first kappa shape index (κ1) is 20.0. The predicted molar refractivity (Wildman–Crippen MR) is 120 cm³/mol. The Morgan fingerprint density at radius 2 is 2.23 bits per heavy atom. The molecule has 1 amide bonds. The van der Waals surface area contributed by atoms with Gasteiger partial charge in [0.05, 0.1) is 37.3 Å². The summed E-state index contributed by atoms with van der Waals surface area (Å²) in [5.74, 6) is 0.419. The van der Waals surface area contributed by atoms with Crippen LogP contribution in [0.25, 0.3) is 16.6 Å². The molecule has 1 fully saturated rings. The van der Waals surface area contributed by atoms with E-state index in [4.69, 9.17) is 9.47 Å². The van der Waals surface area contributed by atoms with Gasteiger partial charge >= 0.3 is 0 Å². The summed E-state index contributed by atoms with van der Waals surface area (Å²) in [6.07, 6.45) is 6.19. The van der Waals surface area contributed by atoms with E-state index in [-0.39, 0.29) is 5.91 Å². The lowest BCUT2D eigenvalue weighted by molar-refractivity contribution is 0.102. The third-order valence-electron chi connectivity index (χ3n) is 4.97. The summed E-state index contributed by atoms with van der Waals surface area (Å²) in [4.78, 5) is 17.4. The molecule has 31 heavy (non-hydrogen) atoms. The van der Waals surface area contributed by atoms with E-state index in [1.807, 2.05) is 34.7 Å². The van der Waals surface area contributed by atoms with Gasteiger partial charge < -0.3 is 13.9 Å². The molecule has 1 unspecified atom stereocenters. The van der Waals surface area contributed by atoms with Gasteiger partial charge in [0.1, 0.15) is 5.75 Å². The van der Waals surface area contributed by atoms with Crippen molar-refractivity contribution in [2.75, 3.05) is 25.6 Å². The van der Waals surface area contributed by atoms with Gasteiger partial charge in [0.25, 0.3) is 5.91 Å². The number of amides is 1. The van der Waals surface area contributed by atoms with Crippen LogP contribution in [0.2, 0.25) is 0 Å². The van der Waals surface area contributed by atoms with Gasteiger partial charge in [0.2, 0.25) is 5.13 Å². The van der Waals surface area contributed by atoms with Crippen LogP contribution in [0.4, 0.5) is 5.13 Å². The van der Waals surface area contributed by atoms with E-state index in [2.05, 4.69) is 20.5 Å². The smallest absolute Gasteiger partial charge is 0.259 e. The highest BCUT2D eigenvalue weighted by molar-refractivity contribution is 8.01. The number of thioether (sulfide) groups is 1. The third-order valence-corrected chi connectivity index (χ3v) is 7.13. The largest absolute Gasteiger partial charge is 0.496 e. The number of carbonyl (C=O) groups is 1. The number of anilines is 1. The van der Waals surface area contributed by atoms with Gasteiger partial charge in [-0.05, 0) is 18.6 Å². The second-order valence-corrected chi connectivity index (χ2v) is 9.48. The van der Waals surface area contributed by atoms with Crippen LogP contribution < -0.4 is 10.1 Å². The highest BCUT2D eigenvalue weighted by Crippen LogP contribution is 2.35. The zero-order valence-electron chi connectivity index (χ0n) is 16.6. The molecular formula is C21H19N5O3S2. The van der Waals surface area contributed by atoms with E-state index in [0.717, 1.165) is 40.6 Å². The number of pyridine rings is 1. The summed E-state index contributed by atoms with van der Waals surface area (Å²) < 4.78 is 13.6. The molecule has 1 aromatic carbocycles. The third kappa shape index (κ3) is 4.14. The number of para-hydroxylation sites is 1. The molecule has 0 spiro atoms. The molecule has 0 saturated carbocycles. The molecule has 4 aromatic rings. The van der Waals surface area contributed by atoms with E-state index in [1.165, 1.54) is 11.3 Å². The maximum atomic E-state index is 13.3. The zero-order chi connectivity index (χ0) is 21.2. The highest BCUT2D eigenvalue weighted by atomic mass is 32.2. The number of hydrogen-bond acceptors (Lipinski definition) is 8. The number of aromatic nitrogens is 4. The number of fused-ring (bicyclic) bond motifs is 1. The van der Waals surface area contributed by atoms with Crippen LogP contribution in [0.3, 0.4) is 0 Å². The molecule has 158 valence electrons. The van der Waals surface area contributed by atoms with E-state index in [9.17, 15) is 4.79 Å². The fraction of sp³-hybridized carbons (Fsp3) is 0.238. The van der Waals surface area contributed by atoms with Crippen LogP contribution in [0.5, 0.6) is 5.75 Å². The Morgan fingerprint density at radius 1 is 1.32 bits per heavy atom. The number of benzene rings is 1. The minimum absolute atomic E-state index is 0.270. The average Bonchev–Trinajstić information content (AvgIpc) is 3.55. The number of methoxy groups -OCH3 is 1. The summed E-state index contributed by atoms with van der Waals surface area (Å²) in [5, 5.41) is 12.1. The lowest BCUT2D eigenvalue weighted by Crippen LogP contribution is -2.14. The Balaban J connectivity index is 1.46. The maximum Gasteiger partial charge on any atom is 0.259 e. The lowest BCUT2D eigenvalue weighted by Gasteiger charge is -2.13. The fourth-order valence-corrected chi connectivity index (χ4v) is 5.52. The normalized spacial score (nSPS) is 16.0. The molecule has 1 aliphatic rings. The minimum atomic E-state index is -0.270. The van der Waals surface area contributed by atoms with Gasteiger partial charge in [-0.1, -0.05) is 41.3 Å². The van der Waals surface area contributed by atoms with Crippen molar-refractivity contribution in [3.05, 3.63) is 54.6 Å². The van der Waals surface area contributed by atoms with Crippen molar-refractivity contribution in [3.63, 3.8) is 0 Å². The van der Waals surface area contributed by atoms with Crippen molar-refractivity contribution in [3.8, 4) is 16.9 Å². The van der Waals surface area contributed by atoms with E-state index >= 15 is 0 Å². The zero-order valence-corrected chi connectivity index (χ0v) is 18.3. The van der Waals surface area contributed by atoms with Crippen molar-refractivity contribution in [1.29, 1.82) is 0 Å². The standard InChI is InChI=1S/C21H19N5O3S2/c1-28-18-5-3-2-4-15(18)16-8-13-9-22-12-26(13)10-17(16)19(27)23-20-24-25-21(31-20)30-14-6-7-29-11-14/h2-5,8-10,12,14H,6-7,11H2,1H3,(H,23,24,27). The Kier molecular flexibility index (Phi) is 5.58. The topological polar surface area (TPSA) is 90.6 Å². The molecule has 1 saturated heterocycles. The SMILES string of the molecule is COc1ccccc1-c1cc2cncn2cc1C(=O)Nc1nnc(SC2CCOC2)s1. The summed E-state index contributed by atoms with van der Waals surface area (Å²) in [6.45, 7) is 1.50. The molecule has 0 bridgehead atoms. The molecule has 1 N–H and O–H groups in total. The summed E-state index contributed by atoms with van der Waals surface area (Å²) in [6, 6.07) is 9.55. The van der Waals surface area contributed by atoms with Crippen LogP contribution in [-0.2, 0) is 4.74 Å². The summed E-state index contributed by atoms with van der Waals surface area (Å²) in [5.41, 5.74) is 2.95. The van der Waals surface area contributed by atoms with Gasteiger partial charge in [-0.3, -0.25) is 10.1 Å². The van der Waals surface area contributed by atoms with Gasteiger partial charge in [-0.15, -0.1) is 10.2 Å². The number of hydrogen-bond donors (Lipinski definition) is 1. The molecule has 4 heterocycles. The molecular weight excluding hydrogens is 434 g/mol. The molecule has 5 rings (SSSR count). The van der Waals surface area contributed by atoms with E-state index in [0.29, 0.717) is 21.7 Å². The van der Waals surface area contributed by atoms with Gasteiger partial charge in [0.15, 0.2) is 4.34 Å². The van der Waals surface area contributed by atoms with Crippen molar-refractivity contribution in [2.24, 2.45) is 0 Å². The van der Waals surface area contributed by atoms with Gasteiger partial charge in [-0.25, -0.2) is 4.98 Å². The molecule has 3 aromatic heterocycles. The van der Waals surface area contributed by atoms with Crippen molar-refractivity contribution >= 4 is 39.7 Å². The Bertz CT molecular complexity index is 1230. The summed E-state index contributed by atoms with van der Waals surface area (Å²) in [7, 11) is 1.62. The lowest BCUT2D eigenvalue weighted by atomic mass is 9.99. The second-order valence-electron chi connectivity index (χ2n) is 6.96. The average molecular weight is 454 g/mol. The van der Waals surface area contributed by atoms with Crippen LogP contribution in [-0.4, -0.2) is 51.1 Å². The number of nitrogens with one attached hydrogen (secondary N) is 1. The number of ether oxygens (including phenoxy) is 2. The predicted octanol–water partition coefficient (Wildman–Crippen LogP) is 3.99. The number of imidazole rings is 1. The summed E-state index contributed by atoms with van der Waals surface area (Å²) >= 11 is 3.01. The van der Waals surface area contributed by atoms with Crippen molar-refractivity contribution in [1.82, 2.24) is 19.6 Å². The highest BCUT2D eigenvalue weighted by Gasteiger charge is 2.21. The molecule has 0 radical (unpaired) electrons. The second kappa shape index (κ2) is 8.66. The molecule has 1 aliphatic heterocycles. The Labute approximate surface area is 186 Å².